The van der Waals surface area contributed by atoms with Crippen LogP contribution in [0.2, 0.25) is 0 Å². The van der Waals surface area contributed by atoms with Crippen molar-refractivity contribution in [3.63, 3.8) is 0 Å². The van der Waals surface area contributed by atoms with E-state index in [1.165, 1.54) is 0 Å². The van der Waals surface area contributed by atoms with E-state index in [1.807, 2.05) is 30.3 Å². The van der Waals surface area contributed by atoms with E-state index in [4.69, 9.17) is 4.74 Å². The first kappa shape index (κ1) is 17.5. The van der Waals surface area contributed by atoms with Crippen LogP contribution in [0.3, 0.4) is 0 Å². The van der Waals surface area contributed by atoms with Gasteiger partial charge in [0, 0.05) is 12.1 Å². The van der Waals surface area contributed by atoms with Crippen molar-refractivity contribution in [1.82, 2.24) is 10.6 Å². The third-order valence-electron chi connectivity index (χ3n) is 3.65. The molecular weight excluding hydrogens is 304 g/mol. The van der Waals surface area contributed by atoms with Gasteiger partial charge >= 0.3 is 0 Å². The third-order valence-corrected chi connectivity index (χ3v) is 3.65. The molecular formula is C19H22N2O3. The molecule has 0 aliphatic heterocycles. The molecule has 24 heavy (non-hydrogen) atoms. The van der Waals surface area contributed by atoms with Gasteiger partial charge in [0.2, 0.25) is 5.91 Å². The van der Waals surface area contributed by atoms with Crippen molar-refractivity contribution in [1.29, 1.82) is 0 Å². The molecule has 1 atom stereocenters. The van der Waals surface area contributed by atoms with Crippen molar-refractivity contribution in [2.24, 2.45) is 0 Å². The number of benzene rings is 2. The lowest BCUT2D eigenvalue weighted by atomic mass is 10.1. The molecule has 2 rings (SSSR count). The Balaban J connectivity index is 1.76. The molecule has 0 radical (unpaired) electrons. The van der Waals surface area contributed by atoms with Crippen LogP contribution >= 0.6 is 0 Å². The summed E-state index contributed by atoms with van der Waals surface area (Å²) < 4.78 is 5.11. The highest BCUT2D eigenvalue weighted by Crippen LogP contribution is 2.11. The minimum atomic E-state index is -0.589. The first-order valence-corrected chi connectivity index (χ1v) is 7.86. The van der Waals surface area contributed by atoms with Crippen molar-refractivity contribution in [3.8, 4) is 5.75 Å². The number of amides is 2. The van der Waals surface area contributed by atoms with Crippen molar-refractivity contribution < 1.29 is 14.3 Å². The first-order chi connectivity index (χ1) is 11.6. The molecule has 5 heteroatoms. The van der Waals surface area contributed by atoms with E-state index in [9.17, 15) is 9.59 Å². The molecule has 0 spiro atoms. The molecule has 0 saturated carbocycles. The number of hydrogen-bond acceptors (Lipinski definition) is 3. The lowest BCUT2D eigenvalue weighted by Gasteiger charge is -2.14. The number of methoxy groups -OCH3 is 1. The standard InChI is InChI=1S/C19H22N2O3/c1-14(21-19(23)16-6-4-3-5-7-16)18(22)20-13-12-15-8-10-17(24-2)11-9-15/h3-11,14H,12-13H2,1-2H3,(H,20,22)(H,21,23). The summed E-state index contributed by atoms with van der Waals surface area (Å²) in [6.07, 6.45) is 0.717. The molecule has 0 aliphatic carbocycles. The Morgan fingerprint density at radius 3 is 2.33 bits per heavy atom. The Morgan fingerprint density at radius 2 is 1.71 bits per heavy atom. The number of ether oxygens (including phenoxy) is 1. The minimum absolute atomic E-state index is 0.201. The van der Waals surface area contributed by atoms with Crippen LogP contribution in [0.5, 0.6) is 5.75 Å². The number of nitrogens with one attached hydrogen (secondary N) is 2. The minimum Gasteiger partial charge on any atom is -0.497 e. The van der Waals surface area contributed by atoms with Crippen LogP contribution in [0, 0.1) is 0 Å². The maximum atomic E-state index is 12.1. The largest absolute Gasteiger partial charge is 0.497 e. The van der Waals surface area contributed by atoms with Crippen LogP contribution in [0.25, 0.3) is 0 Å². The van der Waals surface area contributed by atoms with Crippen LogP contribution in [0.1, 0.15) is 22.8 Å². The average Bonchev–Trinajstić information content (AvgIpc) is 2.62. The predicted molar refractivity (Wildman–Crippen MR) is 93.1 cm³/mol. The Kier molecular flexibility index (Phi) is 6.37. The summed E-state index contributed by atoms with van der Waals surface area (Å²) in [6, 6.07) is 16.0. The van der Waals surface area contributed by atoms with Gasteiger partial charge in [-0.25, -0.2) is 0 Å². The van der Waals surface area contributed by atoms with Gasteiger partial charge in [0.1, 0.15) is 11.8 Å². The molecule has 0 heterocycles. The van der Waals surface area contributed by atoms with Gasteiger partial charge in [-0.3, -0.25) is 9.59 Å². The van der Waals surface area contributed by atoms with Crippen molar-refractivity contribution >= 4 is 11.8 Å². The van der Waals surface area contributed by atoms with E-state index in [0.717, 1.165) is 17.7 Å². The summed E-state index contributed by atoms with van der Waals surface area (Å²) in [4.78, 5) is 24.1. The number of rotatable bonds is 7. The van der Waals surface area contributed by atoms with E-state index in [1.54, 1.807) is 38.3 Å². The second-order valence-corrected chi connectivity index (χ2v) is 5.45. The second kappa shape index (κ2) is 8.72. The van der Waals surface area contributed by atoms with Gasteiger partial charge in [-0.05, 0) is 43.2 Å². The zero-order valence-electron chi connectivity index (χ0n) is 13.9. The Labute approximate surface area is 142 Å². The van der Waals surface area contributed by atoms with Crippen LogP contribution in [0.4, 0.5) is 0 Å². The maximum absolute atomic E-state index is 12.1. The van der Waals surface area contributed by atoms with E-state index in [2.05, 4.69) is 10.6 Å². The predicted octanol–water partition coefficient (Wildman–Crippen LogP) is 2.17. The lowest BCUT2D eigenvalue weighted by molar-refractivity contribution is -0.122. The monoisotopic (exact) mass is 326 g/mol. The highest BCUT2D eigenvalue weighted by molar-refractivity contribution is 5.97. The smallest absolute Gasteiger partial charge is 0.251 e. The number of hydrogen-bond donors (Lipinski definition) is 2. The van der Waals surface area contributed by atoms with Crippen molar-refractivity contribution in [3.05, 3.63) is 65.7 Å². The first-order valence-electron chi connectivity index (χ1n) is 7.86. The normalized spacial score (nSPS) is 11.4. The van der Waals surface area contributed by atoms with Crippen LogP contribution in [-0.4, -0.2) is 31.5 Å². The molecule has 2 amide bonds. The summed E-state index contributed by atoms with van der Waals surface area (Å²) in [5.41, 5.74) is 1.65. The summed E-state index contributed by atoms with van der Waals surface area (Å²) in [7, 11) is 1.63. The summed E-state index contributed by atoms with van der Waals surface area (Å²) >= 11 is 0. The molecule has 1 unspecified atom stereocenters. The fourth-order valence-electron chi connectivity index (χ4n) is 2.21. The fraction of sp³-hybridized carbons (Fsp3) is 0.263. The lowest BCUT2D eigenvalue weighted by Crippen LogP contribution is -2.45. The molecule has 0 aromatic heterocycles. The molecule has 0 saturated heterocycles. The Hall–Kier alpha value is -2.82. The maximum Gasteiger partial charge on any atom is 0.251 e. The van der Waals surface area contributed by atoms with Gasteiger partial charge in [-0.1, -0.05) is 30.3 Å². The summed E-state index contributed by atoms with van der Waals surface area (Å²) in [5, 5.41) is 5.52. The van der Waals surface area contributed by atoms with E-state index in [-0.39, 0.29) is 11.8 Å². The highest BCUT2D eigenvalue weighted by Gasteiger charge is 2.15. The molecule has 2 aromatic carbocycles. The molecule has 0 bridgehead atoms. The van der Waals surface area contributed by atoms with E-state index >= 15 is 0 Å². The van der Waals surface area contributed by atoms with Crippen molar-refractivity contribution in [2.45, 2.75) is 19.4 Å². The number of carbonyl (C=O) groups excluding carboxylic acids is 2. The van der Waals surface area contributed by atoms with E-state index in [0.29, 0.717) is 12.1 Å². The summed E-state index contributed by atoms with van der Waals surface area (Å²) in [6.45, 7) is 2.18. The zero-order chi connectivity index (χ0) is 17.4. The van der Waals surface area contributed by atoms with E-state index < -0.39 is 6.04 Å². The zero-order valence-corrected chi connectivity index (χ0v) is 13.9. The Bertz CT molecular complexity index is 669. The number of carbonyl (C=O) groups is 2. The van der Waals surface area contributed by atoms with Crippen LogP contribution < -0.4 is 15.4 Å². The SMILES string of the molecule is COc1ccc(CCNC(=O)C(C)NC(=O)c2ccccc2)cc1. The topological polar surface area (TPSA) is 67.4 Å². The average molecular weight is 326 g/mol. The van der Waals surface area contributed by atoms with Crippen molar-refractivity contribution in [2.75, 3.05) is 13.7 Å². The third kappa shape index (κ3) is 5.12. The fourth-order valence-corrected chi connectivity index (χ4v) is 2.21. The van der Waals surface area contributed by atoms with Gasteiger partial charge in [0.05, 0.1) is 7.11 Å². The summed E-state index contributed by atoms with van der Waals surface area (Å²) in [5.74, 6) is 0.348. The second-order valence-electron chi connectivity index (χ2n) is 5.45. The molecule has 126 valence electrons. The molecule has 0 aliphatic rings. The van der Waals surface area contributed by atoms with Gasteiger partial charge in [0.25, 0.3) is 5.91 Å². The molecule has 0 fully saturated rings. The van der Waals surface area contributed by atoms with Gasteiger partial charge in [0.15, 0.2) is 0 Å². The quantitative estimate of drug-likeness (QED) is 0.819. The molecule has 2 aromatic rings. The van der Waals surface area contributed by atoms with Gasteiger partial charge < -0.3 is 15.4 Å². The molecule has 5 nitrogen and oxygen atoms in total. The van der Waals surface area contributed by atoms with Crippen LogP contribution in [-0.2, 0) is 11.2 Å². The Morgan fingerprint density at radius 1 is 1.04 bits per heavy atom. The van der Waals surface area contributed by atoms with Gasteiger partial charge in [-0.2, -0.15) is 0 Å². The highest BCUT2D eigenvalue weighted by atomic mass is 16.5. The molecule has 2 N–H and O–H groups in total. The van der Waals surface area contributed by atoms with Gasteiger partial charge in [-0.15, -0.1) is 0 Å². The van der Waals surface area contributed by atoms with Crippen LogP contribution in [0.15, 0.2) is 54.6 Å².